The first-order valence-electron chi connectivity index (χ1n) is 18.8. The minimum absolute atomic E-state index is 0.144. The lowest BCUT2D eigenvalue weighted by Crippen LogP contribution is -2.48. The minimum Gasteiger partial charge on any atom is -0.367 e. The molecule has 14 nitrogen and oxygen atoms in total. The molecular weight excluding hydrogens is 795 g/mol. The highest BCUT2D eigenvalue weighted by Gasteiger charge is 2.27. The van der Waals surface area contributed by atoms with Crippen molar-refractivity contribution in [2.45, 2.75) is 52.0 Å². The zero-order valence-electron chi connectivity index (χ0n) is 31.8. The van der Waals surface area contributed by atoms with Gasteiger partial charge in [-0.1, -0.05) is 23.2 Å². The van der Waals surface area contributed by atoms with Crippen LogP contribution in [0.2, 0.25) is 10.0 Å². The number of nitrogens with one attached hydrogen (secondary N) is 6. The van der Waals surface area contributed by atoms with Gasteiger partial charge in [0.05, 0.1) is 22.4 Å². The van der Waals surface area contributed by atoms with Crippen LogP contribution in [0, 0.1) is 23.5 Å². The first kappa shape index (κ1) is 40.8. The summed E-state index contributed by atoms with van der Waals surface area (Å²) < 4.78 is 46.2. The Morgan fingerprint density at radius 1 is 0.807 bits per heavy atom. The molecule has 0 amide bonds. The van der Waals surface area contributed by atoms with Crippen LogP contribution >= 0.6 is 23.2 Å². The van der Waals surface area contributed by atoms with E-state index in [-0.39, 0.29) is 23.1 Å². The highest BCUT2D eigenvalue weighted by molar-refractivity contribution is 7.80. The molecule has 3 unspecified atom stereocenters. The van der Waals surface area contributed by atoms with Gasteiger partial charge in [-0.05, 0) is 83.5 Å². The summed E-state index contributed by atoms with van der Waals surface area (Å²) in [4.78, 5) is 31.6. The molecule has 6 N–H and O–H groups in total. The van der Waals surface area contributed by atoms with Crippen LogP contribution < -0.4 is 20.7 Å². The van der Waals surface area contributed by atoms with Crippen molar-refractivity contribution in [3.63, 3.8) is 0 Å². The molecule has 19 heteroatoms. The van der Waals surface area contributed by atoms with Gasteiger partial charge in [-0.25, -0.2) is 51.9 Å². The van der Waals surface area contributed by atoms with E-state index in [1.165, 1.54) is 6.20 Å². The van der Waals surface area contributed by atoms with Crippen LogP contribution in [0.3, 0.4) is 0 Å². The van der Waals surface area contributed by atoms with Crippen molar-refractivity contribution in [2.75, 3.05) is 49.9 Å². The van der Waals surface area contributed by atoms with E-state index in [0.717, 1.165) is 67.9 Å². The molecule has 2 fully saturated rings. The standard InChI is InChI=1S/C21H27ClFN7OS.C17H18ClFN6/c1-21(2,3)29-32(31)30-6-4-5-13(12-30)8-24-20-17(23)11-27-19(28-20)16-10-26-18-15(16)7-14(22)9-25-18;18-11-4-12-13(8-23-15(12)22-7-11)16-24-9-14(19)17(25-16)21-6-10-2-1-3-20-5-10/h7,9-11,13,29H,4-6,8,12H2,1-3H3,(H,25,26)(H,24,27,28);4,7-10,20H,1-3,5-6H2,(H,22,23)(H,21,24,25). The molecule has 0 aliphatic carbocycles. The molecule has 0 radical (unpaired) electrons. The second kappa shape index (κ2) is 18.0. The predicted octanol–water partition coefficient (Wildman–Crippen LogP) is 7.13. The van der Waals surface area contributed by atoms with Gasteiger partial charge in [0.1, 0.15) is 11.3 Å². The highest BCUT2D eigenvalue weighted by atomic mass is 35.5. The lowest BCUT2D eigenvalue weighted by atomic mass is 10.00. The van der Waals surface area contributed by atoms with Gasteiger partial charge >= 0.3 is 0 Å². The number of piperidine rings is 2. The van der Waals surface area contributed by atoms with Crippen LogP contribution in [-0.4, -0.2) is 93.2 Å². The highest BCUT2D eigenvalue weighted by Crippen LogP contribution is 2.30. The lowest BCUT2D eigenvalue weighted by molar-refractivity contribution is 0.281. The van der Waals surface area contributed by atoms with Gasteiger partial charge in [-0.2, -0.15) is 0 Å². The van der Waals surface area contributed by atoms with Gasteiger partial charge < -0.3 is 25.9 Å². The summed E-state index contributed by atoms with van der Waals surface area (Å²) in [7, 11) is 0. The molecule has 2 aliphatic heterocycles. The fourth-order valence-electron chi connectivity index (χ4n) is 6.82. The maximum Gasteiger partial charge on any atom is 0.183 e. The summed E-state index contributed by atoms with van der Waals surface area (Å²) in [5.74, 6) is 0.904. The summed E-state index contributed by atoms with van der Waals surface area (Å²) in [5.41, 5.74) is 2.55. The van der Waals surface area contributed by atoms with Crippen molar-refractivity contribution in [3.8, 4) is 22.8 Å². The van der Waals surface area contributed by atoms with Crippen molar-refractivity contribution < 1.29 is 13.0 Å². The van der Waals surface area contributed by atoms with E-state index in [9.17, 15) is 13.0 Å². The normalized spacial score (nSPS) is 18.3. The molecule has 2 saturated heterocycles. The summed E-state index contributed by atoms with van der Waals surface area (Å²) in [6.45, 7) is 10.6. The molecule has 2 aliphatic rings. The van der Waals surface area contributed by atoms with Crippen LogP contribution in [0.4, 0.5) is 20.4 Å². The number of H-pyrrole nitrogens is 2. The molecule has 57 heavy (non-hydrogen) atoms. The van der Waals surface area contributed by atoms with E-state index in [4.69, 9.17) is 23.2 Å². The van der Waals surface area contributed by atoms with Crippen LogP contribution in [0.5, 0.6) is 0 Å². The molecule has 0 saturated carbocycles. The molecular formula is C38H45Cl2F2N13OS. The number of anilines is 2. The number of halogens is 4. The summed E-state index contributed by atoms with van der Waals surface area (Å²) in [5, 5.41) is 12.2. The van der Waals surface area contributed by atoms with E-state index in [0.29, 0.717) is 64.1 Å². The van der Waals surface area contributed by atoms with Crippen molar-refractivity contribution in [2.24, 2.45) is 11.8 Å². The fourth-order valence-corrected chi connectivity index (χ4v) is 8.43. The number of rotatable bonds is 10. The van der Waals surface area contributed by atoms with E-state index in [1.807, 2.05) is 25.1 Å². The second-order valence-corrected chi connectivity index (χ2v) is 17.3. The number of aromatic amines is 2. The predicted molar refractivity (Wildman–Crippen MR) is 222 cm³/mol. The van der Waals surface area contributed by atoms with Gasteiger partial charge in [0, 0.05) is 78.4 Å². The first-order chi connectivity index (χ1) is 27.4. The Hall–Kier alpha value is -4.39. The quantitative estimate of drug-likeness (QED) is 0.0833. The largest absolute Gasteiger partial charge is 0.367 e. The van der Waals surface area contributed by atoms with Crippen molar-refractivity contribution in [3.05, 3.63) is 71.0 Å². The number of aromatic nitrogens is 8. The van der Waals surface area contributed by atoms with E-state index >= 15 is 0 Å². The Morgan fingerprint density at radius 2 is 1.35 bits per heavy atom. The molecule has 302 valence electrons. The third-order valence-corrected chi connectivity index (χ3v) is 11.6. The smallest absolute Gasteiger partial charge is 0.183 e. The van der Waals surface area contributed by atoms with Gasteiger partial charge in [0.15, 0.2) is 46.1 Å². The first-order valence-corrected chi connectivity index (χ1v) is 20.7. The van der Waals surface area contributed by atoms with Crippen LogP contribution in [0.15, 0.2) is 49.3 Å². The molecule has 0 spiro atoms. The van der Waals surface area contributed by atoms with E-state index < -0.39 is 22.8 Å². The van der Waals surface area contributed by atoms with Crippen molar-refractivity contribution >= 4 is 68.1 Å². The topological polar surface area (TPSA) is 177 Å². The molecule has 0 aromatic carbocycles. The lowest BCUT2D eigenvalue weighted by Gasteiger charge is -2.33. The van der Waals surface area contributed by atoms with Crippen LogP contribution in [0.1, 0.15) is 46.5 Å². The molecule has 8 rings (SSSR count). The second-order valence-electron chi connectivity index (χ2n) is 15.3. The fraction of sp³-hybridized carbons (Fsp3) is 0.421. The Bertz CT molecular complexity index is 2350. The Balaban J connectivity index is 0.000000179. The average molecular weight is 841 g/mol. The Morgan fingerprint density at radius 3 is 1.88 bits per heavy atom. The number of fused-ring (bicyclic) bond motifs is 2. The van der Waals surface area contributed by atoms with Gasteiger partial charge in [0.25, 0.3) is 0 Å². The third kappa shape index (κ3) is 10.4. The summed E-state index contributed by atoms with van der Waals surface area (Å²) >= 11 is 10.9. The number of pyridine rings is 2. The molecule has 8 heterocycles. The third-order valence-electron chi connectivity index (χ3n) is 9.59. The molecule has 6 aromatic rings. The summed E-state index contributed by atoms with van der Waals surface area (Å²) in [6, 6.07) is 3.57. The monoisotopic (exact) mass is 839 g/mol. The average Bonchev–Trinajstić information content (AvgIpc) is 3.81. The van der Waals surface area contributed by atoms with Crippen LogP contribution in [0.25, 0.3) is 44.8 Å². The van der Waals surface area contributed by atoms with Crippen molar-refractivity contribution in [1.29, 1.82) is 0 Å². The van der Waals surface area contributed by atoms with Gasteiger partial charge in [-0.3, -0.25) is 0 Å². The van der Waals surface area contributed by atoms with Gasteiger partial charge in [-0.15, -0.1) is 0 Å². The van der Waals surface area contributed by atoms with E-state index in [2.05, 4.69) is 60.5 Å². The van der Waals surface area contributed by atoms with Gasteiger partial charge in [0.2, 0.25) is 0 Å². The number of hydrogen-bond acceptors (Lipinski definition) is 10. The Labute approximate surface area is 341 Å². The Kier molecular flexibility index (Phi) is 12.9. The zero-order valence-corrected chi connectivity index (χ0v) is 34.1. The summed E-state index contributed by atoms with van der Waals surface area (Å²) in [6.07, 6.45) is 13.2. The minimum atomic E-state index is -1.25. The zero-order chi connectivity index (χ0) is 40.1. The SMILES string of the molecule is CC(C)(C)NS(=O)N1CCCC(CNc2nc(-c3c[nH]c4ncc(Cl)cc34)ncc2F)C1.Fc1cnc(-c2c[nH]c3ncc(Cl)cc23)nc1NCC1CCCNC1. The number of hydrogen-bond donors (Lipinski definition) is 6. The maximum absolute atomic E-state index is 14.4. The number of nitrogens with zero attached hydrogens (tertiary/aromatic N) is 7. The molecule has 0 bridgehead atoms. The molecule has 3 atom stereocenters. The molecule has 6 aromatic heterocycles. The van der Waals surface area contributed by atoms with E-state index in [1.54, 1.807) is 36.9 Å². The van der Waals surface area contributed by atoms with Crippen molar-refractivity contribution in [1.82, 2.24) is 54.2 Å². The maximum atomic E-state index is 14.4. The van der Waals surface area contributed by atoms with Crippen LogP contribution in [-0.2, 0) is 11.2 Å².